The first-order valence-electron chi connectivity index (χ1n) is 8.27. The number of hydrogen-bond donors (Lipinski definition) is 0. The molecule has 1 aromatic rings. The van der Waals surface area contributed by atoms with Crippen molar-refractivity contribution in [2.75, 3.05) is 27.4 Å². The molecule has 1 aliphatic carbocycles. The molecule has 0 N–H and O–H groups in total. The van der Waals surface area contributed by atoms with Crippen molar-refractivity contribution >= 4 is 17.8 Å². The van der Waals surface area contributed by atoms with Crippen molar-refractivity contribution in [1.29, 1.82) is 0 Å². The number of nitrogens with zero attached hydrogens (tertiary/aromatic N) is 1. The molecule has 24 heavy (non-hydrogen) atoms. The molecule has 1 fully saturated rings. The molecule has 130 valence electrons. The molecule has 1 atom stereocenters. The fourth-order valence-corrected chi connectivity index (χ4v) is 2.73. The monoisotopic (exact) mass is 331 g/mol. The zero-order chi connectivity index (χ0) is 17.5. The third kappa shape index (κ3) is 5.20. The molecule has 2 rings (SSSR count). The average Bonchev–Trinajstić information content (AvgIpc) is 2.89. The smallest absolute Gasteiger partial charge is 0.308 e. The van der Waals surface area contributed by atoms with Gasteiger partial charge < -0.3 is 14.4 Å². The summed E-state index contributed by atoms with van der Waals surface area (Å²) in [7, 11) is 3.98. The lowest BCUT2D eigenvalue weighted by Crippen LogP contribution is -2.24. The highest BCUT2D eigenvalue weighted by Gasteiger charge is 2.29. The summed E-state index contributed by atoms with van der Waals surface area (Å²) in [5, 5.41) is 0. The molecule has 0 aliphatic heterocycles. The maximum absolute atomic E-state index is 12.4. The second-order valence-electron chi connectivity index (χ2n) is 6.23. The normalized spacial score (nSPS) is 19.1. The average molecular weight is 331 g/mol. The lowest BCUT2D eigenvalue weighted by molar-refractivity contribution is -0.149. The molecule has 0 heterocycles. The van der Waals surface area contributed by atoms with Gasteiger partial charge in [-0.1, -0.05) is 19.1 Å². The second-order valence-corrected chi connectivity index (χ2v) is 6.23. The van der Waals surface area contributed by atoms with Crippen LogP contribution in [-0.4, -0.2) is 44.1 Å². The van der Waals surface area contributed by atoms with Crippen molar-refractivity contribution in [3.8, 4) is 5.75 Å². The number of rotatable bonds is 7. The molecule has 1 aliphatic rings. The molecule has 1 unspecified atom stereocenters. The first-order valence-corrected chi connectivity index (χ1v) is 8.27. The Balaban J connectivity index is 1.91. The van der Waals surface area contributed by atoms with Gasteiger partial charge in [0.25, 0.3) is 0 Å². The van der Waals surface area contributed by atoms with Crippen LogP contribution in [0.4, 0.5) is 0 Å². The maximum atomic E-state index is 12.4. The van der Waals surface area contributed by atoms with E-state index in [2.05, 4.69) is 4.90 Å². The van der Waals surface area contributed by atoms with E-state index in [4.69, 9.17) is 9.47 Å². The zero-order valence-corrected chi connectivity index (χ0v) is 14.6. The van der Waals surface area contributed by atoms with Gasteiger partial charge in [0.15, 0.2) is 5.78 Å². The lowest BCUT2D eigenvalue weighted by Gasteiger charge is -2.13. The van der Waals surface area contributed by atoms with Crippen molar-refractivity contribution in [3.05, 3.63) is 35.4 Å². The summed E-state index contributed by atoms with van der Waals surface area (Å²) in [4.78, 5) is 25.5. The first-order chi connectivity index (χ1) is 11.5. The Morgan fingerprint density at radius 1 is 1.29 bits per heavy atom. The number of carbonyl (C=O) groups excluding carboxylic acids is 2. The molecule has 5 heteroatoms. The van der Waals surface area contributed by atoms with E-state index in [0.717, 1.165) is 30.5 Å². The predicted molar refractivity (Wildman–Crippen MR) is 92.6 cm³/mol. The number of esters is 1. The molecule has 0 radical (unpaired) electrons. The highest BCUT2D eigenvalue weighted by molar-refractivity contribution is 6.03. The van der Waals surface area contributed by atoms with Crippen LogP contribution in [0.25, 0.3) is 6.08 Å². The first kappa shape index (κ1) is 18.2. The molecular weight excluding hydrogens is 306 g/mol. The molecule has 0 aromatic heterocycles. The molecule has 1 saturated carbocycles. The summed E-state index contributed by atoms with van der Waals surface area (Å²) in [6.07, 6.45) is 4.05. The van der Waals surface area contributed by atoms with Crippen molar-refractivity contribution in [3.63, 3.8) is 0 Å². The van der Waals surface area contributed by atoms with Crippen LogP contribution in [0, 0.1) is 5.92 Å². The lowest BCUT2D eigenvalue weighted by atomic mass is 10.0. The van der Waals surface area contributed by atoms with Crippen molar-refractivity contribution in [2.24, 2.45) is 5.92 Å². The van der Waals surface area contributed by atoms with Gasteiger partial charge in [-0.3, -0.25) is 9.59 Å². The number of ketones is 1. The van der Waals surface area contributed by atoms with E-state index in [0.29, 0.717) is 12.2 Å². The minimum atomic E-state index is -0.289. The van der Waals surface area contributed by atoms with Crippen LogP contribution in [0.15, 0.2) is 29.8 Å². The molecule has 0 spiro atoms. The minimum Gasteiger partial charge on any atom is -0.457 e. The number of Topliss-reactive ketones (excluding diaryl/α,β-unsaturated/α-hetero) is 1. The van der Waals surface area contributed by atoms with Crippen LogP contribution >= 0.6 is 0 Å². The number of hydrogen-bond acceptors (Lipinski definition) is 5. The molecule has 0 amide bonds. The summed E-state index contributed by atoms with van der Waals surface area (Å²) in [5.41, 5.74) is 1.87. The van der Waals surface area contributed by atoms with Gasteiger partial charge in [-0.05, 0) is 56.3 Å². The SMILES string of the molecule is CCC(=O)OCOc1ccc(/C=C2/CCC(CN(C)C)C2=O)cc1. The van der Waals surface area contributed by atoms with Gasteiger partial charge in [0.05, 0.1) is 0 Å². The van der Waals surface area contributed by atoms with Gasteiger partial charge in [-0.15, -0.1) is 0 Å². The Hall–Kier alpha value is -2.14. The summed E-state index contributed by atoms with van der Waals surface area (Å²) >= 11 is 0. The van der Waals surface area contributed by atoms with E-state index in [-0.39, 0.29) is 24.5 Å². The summed E-state index contributed by atoms with van der Waals surface area (Å²) in [6.45, 7) is 2.45. The fourth-order valence-electron chi connectivity index (χ4n) is 2.73. The van der Waals surface area contributed by atoms with Crippen molar-refractivity contribution in [2.45, 2.75) is 26.2 Å². The van der Waals surface area contributed by atoms with E-state index >= 15 is 0 Å². The maximum Gasteiger partial charge on any atom is 0.308 e. The minimum absolute atomic E-state index is 0.0855. The third-order valence-electron chi connectivity index (χ3n) is 3.99. The quantitative estimate of drug-likeness (QED) is 0.437. The zero-order valence-electron chi connectivity index (χ0n) is 14.6. The van der Waals surface area contributed by atoms with Gasteiger partial charge in [0.2, 0.25) is 6.79 Å². The van der Waals surface area contributed by atoms with Gasteiger partial charge in [0, 0.05) is 18.9 Å². The molecule has 0 bridgehead atoms. The van der Waals surface area contributed by atoms with Gasteiger partial charge >= 0.3 is 5.97 Å². The molecule has 0 saturated heterocycles. The van der Waals surface area contributed by atoms with E-state index in [1.807, 2.05) is 44.4 Å². The van der Waals surface area contributed by atoms with Crippen molar-refractivity contribution < 1.29 is 19.1 Å². The van der Waals surface area contributed by atoms with Crippen molar-refractivity contribution in [1.82, 2.24) is 4.90 Å². The van der Waals surface area contributed by atoms with Crippen LogP contribution in [0.1, 0.15) is 31.7 Å². The Morgan fingerprint density at radius 2 is 2.00 bits per heavy atom. The Kier molecular flexibility index (Phi) is 6.55. The van der Waals surface area contributed by atoms with Gasteiger partial charge in [0.1, 0.15) is 5.75 Å². The van der Waals surface area contributed by atoms with E-state index in [9.17, 15) is 9.59 Å². The Morgan fingerprint density at radius 3 is 2.62 bits per heavy atom. The number of benzene rings is 1. The number of carbonyl (C=O) groups is 2. The largest absolute Gasteiger partial charge is 0.457 e. The number of allylic oxidation sites excluding steroid dienone is 1. The highest BCUT2D eigenvalue weighted by atomic mass is 16.7. The van der Waals surface area contributed by atoms with E-state index in [1.165, 1.54) is 0 Å². The Labute approximate surface area is 143 Å². The standard InChI is InChI=1S/C19H25NO4/c1-4-18(21)24-13-23-17-9-5-14(6-10-17)11-15-7-8-16(19(15)22)12-20(2)3/h5-6,9-11,16H,4,7-8,12-13H2,1-3H3/b15-11-. The van der Waals surface area contributed by atoms with Crippen LogP contribution in [-0.2, 0) is 14.3 Å². The summed E-state index contributed by atoms with van der Waals surface area (Å²) in [6, 6.07) is 7.42. The molecular formula is C19H25NO4. The molecule has 5 nitrogen and oxygen atoms in total. The van der Waals surface area contributed by atoms with Crippen LogP contribution in [0.5, 0.6) is 5.75 Å². The number of ether oxygens (including phenoxy) is 2. The summed E-state index contributed by atoms with van der Waals surface area (Å²) in [5.74, 6) is 0.713. The van der Waals surface area contributed by atoms with Gasteiger partial charge in [-0.25, -0.2) is 0 Å². The van der Waals surface area contributed by atoms with E-state index in [1.54, 1.807) is 6.92 Å². The third-order valence-corrected chi connectivity index (χ3v) is 3.99. The van der Waals surface area contributed by atoms with Crippen LogP contribution in [0.2, 0.25) is 0 Å². The molecule has 1 aromatic carbocycles. The van der Waals surface area contributed by atoms with E-state index < -0.39 is 0 Å². The van der Waals surface area contributed by atoms with Crippen LogP contribution < -0.4 is 4.74 Å². The fraction of sp³-hybridized carbons (Fsp3) is 0.474. The Bertz CT molecular complexity index is 604. The second kappa shape index (κ2) is 8.64. The van der Waals surface area contributed by atoms with Gasteiger partial charge in [-0.2, -0.15) is 0 Å². The summed E-state index contributed by atoms with van der Waals surface area (Å²) < 4.78 is 10.2. The highest BCUT2D eigenvalue weighted by Crippen LogP contribution is 2.29. The van der Waals surface area contributed by atoms with Crippen LogP contribution in [0.3, 0.4) is 0 Å². The topological polar surface area (TPSA) is 55.8 Å². The predicted octanol–water partition coefficient (Wildman–Crippen LogP) is 2.90.